The molecule has 0 aromatic carbocycles. The van der Waals surface area contributed by atoms with E-state index in [0.29, 0.717) is 6.61 Å². The summed E-state index contributed by atoms with van der Waals surface area (Å²) in [5.74, 6) is 1.85. The molecule has 3 rings (SSSR count). The quantitative estimate of drug-likeness (QED) is 0.906. The zero-order valence-electron chi connectivity index (χ0n) is 10.5. The number of hydrogen-bond donors (Lipinski definition) is 1. The van der Waals surface area contributed by atoms with Gasteiger partial charge in [-0.1, -0.05) is 0 Å². The molecule has 0 bridgehead atoms. The zero-order valence-corrected chi connectivity index (χ0v) is 11.3. The van der Waals surface area contributed by atoms with Crippen molar-refractivity contribution in [3.8, 4) is 11.3 Å². The minimum atomic E-state index is 0.228. The highest BCUT2D eigenvalue weighted by Gasteiger charge is 2.20. The van der Waals surface area contributed by atoms with Crippen LogP contribution in [0.2, 0.25) is 0 Å². The lowest BCUT2D eigenvalue weighted by molar-refractivity contribution is 0.0768. The molecular weight excluding hydrogens is 248 g/mol. The van der Waals surface area contributed by atoms with Crippen LogP contribution in [0.5, 0.6) is 0 Å². The Morgan fingerprint density at radius 2 is 2.33 bits per heavy atom. The molecule has 0 spiro atoms. The molecule has 3 heterocycles. The summed E-state index contributed by atoms with van der Waals surface area (Å²) in [5.41, 5.74) is 2.09. The van der Waals surface area contributed by atoms with Gasteiger partial charge in [0.25, 0.3) is 0 Å². The molecule has 1 fully saturated rings. The molecule has 1 atom stereocenters. The second-order valence-corrected chi connectivity index (χ2v) is 5.37. The van der Waals surface area contributed by atoms with Crippen molar-refractivity contribution in [2.75, 3.05) is 19.8 Å². The minimum absolute atomic E-state index is 0.228. The van der Waals surface area contributed by atoms with Crippen molar-refractivity contribution in [3.05, 3.63) is 28.0 Å². The first-order chi connectivity index (χ1) is 8.74. The van der Waals surface area contributed by atoms with Gasteiger partial charge in [-0.3, -0.25) is 0 Å². The molecule has 5 heteroatoms. The number of rotatable bonds is 2. The first-order valence-electron chi connectivity index (χ1n) is 6.08. The predicted octanol–water partition coefficient (Wildman–Crippen LogP) is 2.68. The molecule has 1 aliphatic rings. The third kappa shape index (κ3) is 2.21. The summed E-state index contributed by atoms with van der Waals surface area (Å²) in [7, 11) is 0. The van der Waals surface area contributed by atoms with E-state index in [9.17, 15) is 0 Å². The molecule has 4 nitrogen and oxygen atoms in total. The molecule has 1 unspecified atom stereocenters. The fourth-order valence-corrected chi connectivity index (χ4v) is 3.06. The average Bonchev–Trinajstić information content (AvgIpc) is 2.97. The summed E-state index contributed by atoms with van der Waals surface area (Å²) >= 11 is 1.67. The molecule has 1 saturated heterocycles. The van der Waals surface area contributed by atoms with Crippen LogP contribution in [-0.2, 0) is 4.74 Å². The van der Waals surface area contributed by atoms with Crippen LogP contribution >= 0.6 is 11.3 Å². The minimum Gasteiger partial charge on any atom is -0.466 e. The molecule has 1 aliphatic heterocycles. The second kappa shape index (κ2) is 4.84. The van der Waals surface area contributed by atoms with E-state index < -0.39 is 0 Å². The van der Waals surface area contributed by atoms with Crippen LogP contribution in [0, 0.1) is 13.8 Å². The highest BCUT2D eigenvalue weighted by molar-refractivity contribution is 7.10. The summed E-state index contributed by atoms with van der Waals surface area (Å²) in [5, 5.41) is 6.59. The summed E-state index contributed by atoms with van der Waals surface area (Å²) < 4.78 is 11.0. The third-order valence-corrected chi connectivity index (χ3v) is 4.02. The number of morpholine rings is 1. The van der Waals surface area contributed by atoms with Crippen molar-refractivity contribution in [2.45, 2.75) is 19.9 Å². The molecule has 0 radical (unpaired) electrons. The van der Waals surface area contributed by atoms with Gasteiger partial charge in [-0.25, -0.2) is 4.98 Å². The molecule has 18 heavy (non-hydrogen) atoms. The zero-order chi connectivity index (χ0) is 12.5. The second-order valence-electron chi connectivity index (χ2n) is 4.48. The van der Waals surface area contributed by atoms with Gasteiger partial charge in [0.05, 0.1) is 24.9 Å². The topological polar surface area (TPSA) is 47.3 Å². The number of aryl methyl sites for hydroxylation is 2. The normalized spacial score (nSPS) is 20.2. The third-order valence-electron chi connectivity index (χ3n) is 3.06. The molecule has 0 amide bonds. The van der Waals surface area contributed by atoms with E-state index in [1.165, 1.54) is 0 Å². The highest BCUT2D eigenvalue weighted by atomic mass is 32.1. The Morgan fingerprint density at radius 1 is 1.44 bits per heavy atom. The molecule has 1 N–H and O–H groups in total. The Balaban J connectivity index is 1.86. The smallest absolute Gasteiger partial charge is 0.113 e. The van der Waals surface area contributed by atoms with Gasteiger partial charge in [0.1, 0.15) is 16.5 Å². The number of nitrogens with zero attached hydrogens (tertiary/aromatic N) is 1. The SMILES string of the molecule is Cc1cc(-c2csc(C3COCCN3)n2)c(C)o1. The standard InChI is InChI=1S/C13H16N2O2S/c1-8-5-10(9(2)17-8)12-7-18-13(15-12)11-6-16-4-3-14-11/h5,7,11,14H,3-4,6H2,1-2H3. The van der Waals surface area contributed by atoms with E-state index in [4.69, 9.17) is 14.1 Å². The monoisotopic (exact) mass is 264 g/mol. The number of nitrogens with one attached hydrogen (secondary N) is 1. The Morgan fingerprint density at radius 3 is 3.00 bits per heavy atom. The van der Waals surface area contributed by atoms with Crippen LogP contribution < -0.4 is 5.32 Å². The van der Waals surface area contributed by atoms with Gasteiger partial charge in [-0.2, -0.15) is 0 Å². The van der Waals surface area contributed by atoms with E-state index in [1.807, 2.05) is 19.9 Å². The number of hydrogen-bond acceptors (Lipinski definition) is 5. The van der Waals surface area contributed by atoms with Gasteiger partial charge < -0.3 is 14.5 Å². The lowest BCUT2D eigenvalue weighted by Crippen LogP contribution is -2.34. The summed E-state index contributed by atoms with van der Waals surface area (Å²) in [4.78, 5) is 4.69. The summed E-state index contributed by atoms with van der Waals surface area (Å²) in [6.45, 7) is 6.32. The van der Waals surface area contributed by atoms with Crippen molar-refractivity contribution < 1.29 is 9.15 Å². The first kappa shape index (κ1) is 11.9. The van der Waals surface area contributed by atoms with Gasteiger partial charge in [0.15, 0.2) is 0 Å². The largest absolute Gasteiger partial charge is 0.466 e. The Hall–Kier alpha value is -1.17. The van der Waals surface area contributed by atoms with Gasteiger partial charge in [-0.15, -0.1) is 11.3 Å². The van der Waals surface area contributed by atoms with E-state index in [2.05, 4.69) is 10.7 Å². The van der Waals surface area contributed by atoms with E-state index in [-0.39, 0.29) is 6.04 Å². The fourth-order valence-electron chi connectivity index (χ4n) is 2.18. The maximum Gasteiger partial charge on any atom is 0.113 e. The van der Waals surface area contributed by atoms with Gasteiger partial charge >= 0.3 is 0 Å². The molecule has 0 saturated carbocycles. The van der Waals surface area contributed by atoms with Crippen molar-refractivity contribution in [1.29, 1.82) is 0 Å². The van der Waals surface area contributed by atoms with Crippen molar-refractivity contribution >= 4 is 11.3 Å². The van der Waals surface area contributed by atoms with Gasteiger partial charge in [0.2, 0.25) is 0 Å². The van der Waals surface area contributed by atoms with E-state index in [1.54, 1.807) is 11.3 Å². The molecular formula is C13H16N2O2S. The van der Waals surface area contributed by atoms with Crippen LogP contribution in [0.3, 0.4) is 0 Å². The van der Waals surface area contributed by atoms with Crippen LogP contribution in [0.25, 0.3) is 11.3 Å². The maximum absolute atomic E-state index is 5.55. The van der Waals surface area contributed by atoms with Gasteiger partial charge in [0, 0.05) is 17.5 Å². The molecule has 96 valence electrons. The van der Waals surface area contributed by atoms with Crippen LogP contribution in [0.15, 0.2) is 15.9 Å². The Bertz CT molecular complexity index is 541. The summed E-state index contributed by atoms with van der Waals surface area (Å²) in [6, 6.07) is 2.27. The molecule has 2 aromatic heterocycles. The van der Waals surface area contributed by atoms with Crippen LogP contribution in [0.1, 0.15) is 22.6 Å². The molecule has 2 aromatic rings. The summed E-state index contributed by atoms with van der Waals surface area (Å²) in [6.07, 6.45) is 0. The number of furan rings is 1. The Labute approximate surface area is 110 Å². The number of ether oxygens (including phenoxy) is 1. The van der Waals surface area contributed by atoms with E-state index in [0.717, 1.165) is 40.9 Å². The van der Waals surface area contributed by atoms with Crippen LogP contribution in [0.4, 0.5) is 0 Å². The fraction of sp³-hybridized carbons (Fsp3) is 0.462. The lowest BCUT2D eigenvalue weighted by atomic mass is 10.2. The Kier molecular flexibility index (Phi) is 3.20. The number of thiazole rings is 1. The average molecular weight is 264 g/mol. The first-order valence-corrected chi connectivity index (χ1v) is 6.96. The van der Waals surface area contributed by atoms with Crippen molar-refractivity contribution in [3.63, 3.8) is 0 Å². The van der Waals surface area contributed by atoms with Crippen molar-refractivity contribution in [1.82, 2.24) is 10.3 Å². The van der Waals surface area contributed by atoms with Crippen LogP contribution in [-0.4, -0.2) is 24.7 Å². The molecule has 0 aliphatic carbocycles. The van der Waals surface area contributed by atoms with E-state index >= 15 is 0 Å². The highest BCUT2D eigenvalue weighted by Crippen LogP contribution is 2.30. The lowest BCUT2D eigenvalue weighted by Gasteiger charge is -2.21. The number of aromatic nitrogens is 1. The van der Waals surface area contributed by atoms with Gasteiger partial charge in [-0.05, 0) is 19.9 Å². The van der Waals surface area contributed by atoms with Crippen molar-refractivity contribution in [2.24, 2.45) is 0 Å². The maximum atomic E-state index is 5.55. The predicted molar refractivity (Wildman–Crippen MR) is 70.9 cm³/mol.